The number of benzene rings is 1. The van der Waals surface area contributed by atoms with Crippen LogP contribution in [0.15, 0.2) is 24.3 Å². The second-order valence-electron chi connectivity index (χ2n) is 4.89. The maximum Gasteiger partial charge on any atom is 0.335 e. The maximum atomic E-state index is 11.0. The number of rotatable bonds is 3. The van der Waals surface area contributed by atoms with Gasteiger partial charge in [-0.25, -0.2) is 4.79 Å². The molecule has 1 aliphatic carbocycles. The van der Waals surface area contributed by atoms with Crippen LogP contribution in [0.5, 0.6) is 0 Å². The first kappa shape index (κ1) is 12.1. The number of carbonyl (C=O) groups is 1. The summed E-state index contributed by atoms with van der Waals surface area (Å²) in [5, 5.41) is 18.7. The molecule has 92 valence electrons. The van der Waals surface area contributed by atoms with E-state index in [9.17, 15) is 9.90 Å². The highest BCUT2D eigenvalue weighted by Gasteiger charge is 2.33. The Morgan fingerprint density at radius 1 is 1.24 bits per heavy atom. The Hall–Kier alpha value is -1.35. The van der Waals surface area contributed by atoms with Crippen molar-refractivity contribution in [3.63, 3.8) is 0 Å². The zero-order valence-electron chi connectivity index (χ0n) is 9.85. The maximum absolute atomic E-state index is 11.0. The van der Waals surface area contributed by atoms with Crippen molar-refractivity contribution >= 4 is 5.97 Å². The minimum absolute atomic E-state index is 0.107. The van der Waals surface area contributed by atoms with Gasteiger partial charge in [-0.15, -0.1) is 0 Å². The monoisotopic (exact) mass is 234 g/mol. The smallest absolute Gasteiger partial charge is 0.335 e. The Bertz CT molecular complexity index is 406. The lowest BCUT2D eigenvalue weighted by molar-refractivity contribution is 0.0696. The molecule has 0 atom stereocenters. The van der Waals surface area contributed by atoms with Crippen LogP contribution in [0.2, 0.25) is 0 Å². The average Bonchev–Trinajstić information content (AvgIpc) is 2.39. The van der Waals surface area contributed by atoms with Gasteiger partial charge in [0.15, 0.2) is 0 Å². The second kappa shape index (κ2) is 4.88. The molecule has 1 fully saturated rings. The fraction of sp³-hybridized carbons (Fsp3) is 0.500. The van der Waals surface area contributed by atoms with E-state index >= 15 is 0 Å². The van der Waals surface area contributed by atoms with E-state index in [2.05, 4.69) is 0 Å². The standard InChI is InChI=1S/C14H18O3/c15-10-14(7-2-1-3-8-14)12-6-4-5-11(9-12)13(16)17/h4-6,9,15H,1-3,7-8,10H2,(H,16,17). The minimum atomic E-state index is -0.907. The van der Waals surface area contributed by atoms with Gasteiger partial charge < -0.3 is 10.2 Å². The zero-order chi connectivity index (χ0) is 12.3. The first-order valence-electron chi connectivity index (χ1n) is 6.13. The predicted molar refractivity (Wildman–Crippen MR) is 65.3 cm³/mol. The Kier molecular flexibility index (Phi) is 3.48. The molecule has 0 amide bonds. The molecule has 2 N–H and O–H groups in total. The van der Waals surface area contributed by atoms with Gasteiger partial charge in [0.1, 0.15) is 0 Å². The summed E-state index contributed by atoms with van der Waals surface area (Å²) in [5.41, 5.74) is 1.06. The van der Waals surface area contributed by atoms with Crippen LogP contribution in [0.3, 0.4) is 0 Å². The summed E-state index contributed by atoms with van der Waals surface area (Å²) in [5.74, 6) is -0.907. The minimum Gasteiger partial charge on any atom is -0.478 e. The lowest BCUT2D eigenvalue weighted by Crippen LogP contribution is -2.33. The summed E-state index contributed by atoms with van der Waals surface area (Å²) >= 11 is 0. The van der Waals surface area contributed by atoms with Crippen molar-refractivity contribution < 1.29 is 15.0 Å². The molecule has 1 aromatic carbocycles. The second-order valence-corrected chi connectivity index (χ2v) is 4.89. The highest BCUT2D eigenvalue weighted by atomic mass is 16.4. The largest absolute Gasteiger partial charge is 0.478 e. The summed E-state index contributed by atoms with van der Waals surface area (Å²) in [6.45, 7) is 0.107. The van der Waals surface area contributed by atoms with E-state index in [1.54, 1.807) is 18.2 Å². The number of carboxylic acids is 1. The van der Waals surface area contributed by atoms with E-state index < -0.39 is 5.97 Å². The summed E-state index contributed by atoms with van der Waals surface area (Å²) in [6.07, 6.45) is 5.33. The van der Waals surface area contributed by atoms with Crippen molar-refractivity contribution in [3.8, 4) is 0 Å². The summed E-state index contributed by atoms with van der Waals surface area (Å²) in [4.78, 5) is 11.0. The van der Waals surface area contributed by atoms with Gasteiger partial charge in [0.2, 0.25) is 0 Å². The molecule has 0 bridgehead atoms. The van der Waals surface area contributed by atoms with Gasteiger partial charge in [-0.1, -0.05) is 31.4 Å². The molecule has 2 rings (SSSR count). The molecule has 0 heterocycles. The zero-order valence-corrected chi connectivity index (χ0v) is 9.85. The van der Waals surface area contributed by atoms with Crippen molar-refractivity contribution in [2.75, 3.05) is 6.61 Å². The number of aromatic carboxylic acids is 1. The Morgan fingerprint density at radius 2 is 1.94 bits per heavy atom. The Labute approximate surface area is 101 Å². The highest BCUT2D eigenvalue weighted by molar-refractivity contribution is 5.87. The molecule has 0 aromatic heterocycles. The molecular formula is C14H18O3. The van der Waals surface area contributed by atoms with Crippen LogP contribution in [0.25, 0.3) is 0 Å². The number of aliphatic hydroxyl groups excluding tert-OH is 1. The third-order valence-electron chi connectivity index (χ3n) is 3.84. The molecule has 0 aliphatic heterocycles. The van der Waals surface area contributed by atoms with E-state index in [-0.39, 0.29) is 12.0 Å². The van der Waals surface area contributed by atoms with Gasteiger partial charge in [0.25, 0.3) is 0 Å². The Balaban J connectivity index is 2.36. The summed E-state index contributed by atoms with van der Waals surface area (Å²) < 4.78 is 0. The van der Waals surface area contributed by atoms with Crippen LogP contribution in [0, 0.1) is 0 Å². The van der Waals surface area contributed by atoms with Crippen LogP contribution in [0.1, 0.15) is 48.0 Å². The van der Waals surface area contributed by atoms with Crippen molar-refractivity contribution in [2.24, 2.45) is 0 Å². The van der Waals surface area contributed by atoms with E-state index in [0.717, 1.165) is 31.2 Å². The van der Waals surface area contributed by atoms with Gasteiger partial charge in [-0.2, -0.15) is 0 Å². The lowest BCUT2D eigenvalue weighted by atomic mass is 9.70. The molecule has 1 saturated carbocycles. The van der Waals surface area contributed by atoms with Gasteiger partial charge in [-0.3, -0.25) is 0 Å². The first-order chi connectivity index (χ1) is 8.18. The molecule has 1 aromatic rings. The van der Waals surface area contributed by atoms with Crippen LogP contribution in [0.4, 0.5) is 0 Å². The van der Waals surface area contributed by atoms with Crippen molar-refractivity contribution in [2.45, 2.75) is 37.5 Å². The van der Waals surface area contributed by atoms with Gasteiger partial charge in [-0.05, 0) is 30.5 Å². The molecule has 0 spiro atoms. The quantitative estimate of drug-likeness (QED) is 0.845. The average molecular weight is 234 g/mol. The third kappa shape index (κ3) is 2.34. The number of carboxylic acid groups (broad SMARTS) is 1. The topological polar surface area (TPSA) is 57.5 Å². The molecule has 1 aliphatic rings. The van der Waals surface area contributed by atoms with Crippen molar-refractivity contribution in [3.05, 3.63) is 35.4 Å². The number of hydrogen-bond acceptors (Lipinski definition) is 2. The van der Waals surface area contributed by atoms with Crippen LogP contribution < -0.4 is 0 Å². The van der Waals surface area contributed by atoms with Crippen molar-refractivity contribution in [1.29, 1.82) is 0 Å². The fourth-order valence-electron chi connectivity index (χ4n) is 2.75. The fourth-order valence-corrected chi connectivity index (χ4v) is 2.75. The van der Waals surface area contributed by atoms with Gasteiger partial charge in [0, 0.05) is 5.41 Å². The van der Waals surface area contributed by atoms with E-state index in [4.69, 9.17) is 5.11 Å². The normalized spacial score (nSPS) is 18.9. The van der Waals surface area contributed by atoms with E-state index in [0.29, 0.717) is 5.56 Å². The lowest BCUT2D eigenvalue weighted by Gasteiger charge is -2.36. The SMILES string of the molecule is O=C(O)c1cccc(C2(CO)CCCCC2)c1. The summed E-state index contributed by atoms with van der Waals surface area (Å²) in [7, 11) is 0. The van der Waals surface area contributed by atoms with E-state index in [1.807, 2.05) is 6.07 Å². The van der Waals surface area contributed by atoms with Crippen LogP contribution >= 0.6 is 0 Å². The molecule has 0 unspecified atom stereocenters. The Morgan fingerprint density at radius 3 is 2.53 bits per heavy atom. The molecular weight excluding hydrogens is 216 g/mol. The molecule has 3 nitrogen and oxygen atoms in total. The molecule has 0 radical (unpaired) electrons. The highest BCUT2D eigenvalue weighted by Crippen LogP contribution is 2.39. The first-order valence-corrected chi connectivity index (χ1v) is 6.13. The summed E-state index contributed by atoms with van der Waals surface area (Å²) in [6, 6.07) is 7.02. The molecule has 17 heavy (non-hydrogen) atoms. The van der Waals surface area contributed by atoms with Crippen LogP contribution in [-0.2, 0) is 5.41 Å². The molecule has 0 saturated heterocycles. The molecule has 3 heteroatoms. The number of hydrogen-bond donors (Lipinski definition) is 2. The van der Waals surface area contributed by atoms with E-state index in [1.165, 1.54) is 6.42 Å². The van der Waals surface area contributed by atoms with Gasteiger partial charge >= 0.3 is 5.97 Å². The van der Waals surface area contributed by atoms with Crippen LogP contribution in [-0.4, -0.2) is 22.8 Å². The van der Waals surface area contributed by atoms with Gasteiger partial charge in [0.05, 0.1) is 12.2 Å². The number of aliphatic hydroxyl groups is 1. The predicted octanol–water partition coefficient (Wildman–Crippen LogP) is 2.58. The van der Waals surface area contributed by atoms with Crippen molar-refractivity contribution in [1.82, 2.24) is 0 Å². The third-order valence-corrected chi connectivity index (χ3v) is 3.84.